The van der Waals surface area contributed by atoms with Gasteiger partial charge in [-0.1, -0.05) is 44.2 Å². The van der Waals surface area contributed by atoms with Crippen LogP contribution in [-0.2, 0) is 15.7 Å². The standard InChI is InChI=1S/C19H26NO3P/c1-15(2)19(21)24(22,23-14-16-8-6-5-7-9-16)18-12-10-17(11-13-18)20(3)4/h5-13,15,19,21H,14H2,1-4H3/t19-,24-/m0/s1. The Hall–Kier alpha value is -1.61. The van der Waals surface area contributed by atoms with Gasteiger partial charge in [0.2, 0.25) is 0 Å². The van der Waals surface area contributed by atoms with E-state index >= 15 is 0 Å². The molecular weight excluding hydrogens is 321 g/mol. The minimum Gasteiger partial charge on any atom is -0.382 e. The summed E-state index contributed by atoms with van der Waals surface area (Å²) in [7, 11) is 0.498. The molecule has 0 heterocycles. The number of anilines is 1. The lowest BCUT2D eigenvalue weighted by Gasteiger charge is -2.27. The van der Waals surface area contributed by atoms with Gasteiger partial charge >= 0.3 is 0 Å². The molecule has 0 unspecified atom stereocenters. The van der Waals surface area contributed by atoms with Crippen LogP contribution in [-0.4, -0.2) is 25.0 Å². The van der Waals surface area contributed by atoms with Gasteiger partial charge < -0.3 is 14.5 Å². The zero-order chi connectivity index (χ0) is 17.7. The van der Waals surface area contributed by atoms with Crippen LogP contribution in [0.15, 0.2) is 54.6 Å². The molecule has 0 saturated carbocycles. The molecule has 2 aromatic rings. The Labute approximate surface area is 144 Å². The molecule has 0 aliphatic carbocycles. The molecule has 0 radical (unpaired) electrons. The number of benzene rings is 2. The summed E-state index contributed by atoms with van der Waals surface area (Å²) in [4.78, 5) is 1.97. The minimum absolute atomic E-state index is 0.167. The van der Waals surface area contributed by atoms with Crippen molar-refractivity contribution in [2.24, 2.45) is 5.92 Å². The van der Waals surface area contributed by atoms with Crippen molar-refractivity contribution in [2.75, 3.05) is 19.0 Å². The number of hydrogen-bond donors (Lipinski definition) is 1. The van der Waals surface area contributed by atoms with Crippen LogP contribution >= 0.6 is 7.37 Å². The van der Waals surface area contributed by atoms with Gasteiger partial charge in [-0.3, -0.25) is 4.57 Å². The van der Waals surface area contributed by atoms with Gasteiger partial charge in [0.15, 0.2) is 0 Å². The molecule has 0 aromatic heterocycles. The Balaban J connectivity index is 2.30. The molecule has 1 N–H and O–H groups in total. The molecular formula is C19H26NO3P. The van der Waals surface area contributed by atoms with Crippen LogP contribution in [0.5, 0.6) is 0 Å². The molecule has 0 saturated heterocycles. The van der Waals surface area contributed by atoms with E-state index in [1.165, 1.54) is 0 Å². The summed E-state index contributed by atoms with van der Waals surface area (Å²) in [5.74, 6) is -1.20. The van der Waals surface area contributed by atoms with E-state index in [9.17, 15) is 9.67 Å². The van der Waals surface area contributed by atoms with Gasteiger partial charge in [0.25, 0.3) is 7.37 Å². The fourth-order valence-corrected chi connectivity index (χ4v) is 4.70. The fraction of sp³-hybridized carbons (Fsp3) is 0.368. The summed E-state index contributed by atoms with van der Waals surface area (Å²) in [6.45, 7) is 3.89. The molecule has 4 nitrogen and oxygen atoms in total. The Morgan fingerprint density at radius 2 is 1.62 bits per heavy atom. The van der Waals surface area contributed by atoms with E-state index in [0.29, 0.717) is 5.30 Å². The summed E-state index contributed by atoms with van der Waals surface area (Å²) in [5, 5.41) is 11.1. The second kappa shape index (κ2) is 7.98. The number of aliphatic hydroxyl groups is 1. The van der Waals surface area contributed by atoms with Crippen molar-refractivity contribution < 1.29 is 14.2 Å². The second-order valence-electron chi connectivity index (χ2n) is 6.42. The van der Waals surface area contributed by atoms with Crippen LogP contribution in [0.4, 0.5) is 5.69 Å². The number of hydrogen-bond acceptors (Lipinski definition) is 4. The van der Waals surface area contributed by atoms with Gasteiger partial charge in [-0.2, -0.15) is 0 Å². The highest BCUT2D eigenvalue weighted by Crippen LogP contribution is 2.53. The van der Waals surface area contributed by atoms with Crippen molar-refractivity contribution in [3.63, 3.8) is 0 Å². The highest BCUT2D eigenvalue weighted by molar-refractivity contribution is 7.67. The van der Waals surface area contributed by atoms with E-state index < -0.39 is 13.2 Å². The van der Waals surface area contributed by atoms with Gasteiger partial charge in [-0.15, -0.1) is 0 Å². The lowest BCUT2D eigenvalue weighted by Crippen LogP contribution is -2.24. The average molecular weight is 347 g/mol. The Morgan fingerprint density at radius 3 is 2.12 bits per heavy atom. The summed E-state index contributed by atoms with van der Waals surface area (Å²) in [6, 6.07) is 16.9. The van der Waals surface area contributed by atoms with Crippen molar-refractivity contribution in [3.8, 4) is 0 Å². The molecule has 24 heavy (non-hydrogen) atoms. The van der Waals surface area contributed by atoms with Crippen molar-refractivity contribution >= 4 is 18.4 Å². The Bertz CT molecular complexity index is 684. The van der Waals surface area contributed by atoms with E-state index in [1.807, 2.05) is 75.3 Å². The van der Waals surface area contributed by atoms with Crippen LogP contribution in [0, 0.1) is 5.92 Å². The topological polar surface area (TPSA) is 49.8 Å². The largest absolute Gasteiger partial charge is 0.382 e. The highest BCUT2D eigenvalue weighted by atomic mass is 31.2. The van der Waals surface area contributed by atoms with Crippen LogP contribution in [0.2, 0.25) is 0 Å². The van der Waals surface area contributed by atoms with Gasteiger partial charge in [-0.05, 0) is 35.7 Å². The van der Waals surface area contributed by atoms with E-state index in [2.05, 4.69) is 0 Å². The first-order valence-corrected chi connectivity index (χ1v) is 9.78. The van der Waals surface area contributed by atoms with E-state index in [4.69, 9.17) is 4.52 Å². The van der Waals surface area contributed by atoms with E-state index in [-0.39, 0.29) is 12.5 Å². The van der Waals surface area contributed by atoms with Gasteiger partial charge in [0, 0.05) is 25.1 Å². The first-order valence-electron chi connectivity index (χ1n) is 8.09. The fourth-order valence-electron chi connectivity index (χ4n) is 2.40. The summed E-state index contributed by atoms with van der Waals surface area (Å²) >= 11 is 0. The summed E-state index contributed by atoms with van der Waals surface area (Å²) in [5.41, 5.74) is 1.94. The van der Waals surface area contributed by atoms with Crippen LogP contribution in [0.1, 0.15) is 19.4 Å². The van der Waals surface area contributed by atoms with Crippen molar-refractivity contribution in [1.29, 1.82) is 0 Å². The van der Waals surface area contributed by atoms with Crippen molar-refractivity contribution in [1.82, 2.24) is 0 Å². The monoisotopic (exact) mass is 347 g/mol. The van der Waals surface area contributed by atoms with Crippen LogP contribution in [0.3, 0.4) is 0 Å². The summed E-state index contributed by atoms with van der Waals surface area (Å²) in [6.07, 6.45) is 0. The predicted octanol–water partition coefficient (Wildman–Crippen LogP) is 3.85. The SMILES string of the molecule is CC(C)[C@@H](O)[P@@](=O)(OCc1ccccc1)c1ccc(N(C)C)cc1. The smallest absolute Gasteiger partial charge is 0.260 e. The Morgan fingerprint density at radius 1 is 1.04 bits per heavy atom. The summed E-state index contributed by atoms with van der Waals surface area (Å²) < 4.78 is 19.3. The zero-order valence-corrected chi connectivity index (χ0v) is 15.6. The normalized spacial score (nSPS) is 15.1. The molecule has 0 spiro atoms. The quantitative estimate of drug-likeness (QED) is 0.773. The zero-order valence-electron chi connectivity index (χ0n) is 14.7. The first kappa shape index (κ1) is 18.7. The first-order chi connectivity index (χ1) is 11.3. The van der Waals surface area contributed by atoms with Crippen LogP contribution < -0.4 is 10.2 Å². The third-order valence-electron chi connectivity index (χ3n) is 3.94. The molecule has 2 aromatic carbocycles. The number of rotatable bonds is 7. The van der Waals surface area contributed by atoms with Crippen molar-refractivity contribution in [3.05, 3.63) is 60.2 Å². The second-order valence-corrected chi connectivity index (χ2v) is 8.92. The maximum absolute atomic E-state index is 13.5. The van der Waals surface area contributed by atoms with Crippen molar-refractivity contribution in [2.45, 2.75) is 26.3 Å². The minimum atomic E-state index is -3.40. The van der Waals surface area contributed by atoms with E-state index in [1.54, 1.807) is 12.1 Å². The predicted molar refractivity (Wildman–Crippen MR) is 100 cm³/mol. The van der Waals surface area contributed by atoms with Gasteiger partial charge in [0.1, 0.15) is 5.85 Å². The average Bonchev–Trinajstić information content (AvgIpc) is 2.60. The molecule has 2 atom stereocenters. The molecule has 2 rings (SSSR count). The molecule has 0 fully saturated rings. The molecule has 0 aliphatic heterocycles. The maximum Gasteiger partial charge on any atom is 0.260 e. The lowest BCUT2D eigenvalue weighted by atomic mass is 10.2. The third-order valence-corrected chi connectivity index (χ3v) is 6.76. The maximum atomic E-state index is 13.5. The number of aliphatic hydroxyl groups excluding tert-OH is 1. The molecule has 0 amide bonds. The lowest BCUT2D eigenvalue weighted by molar-refractivity contribution is 0.169. The number of nitrogens with zero attached hydrogens (tertiary/aromatic N) is 1. The van der Waals surface area contributed by atoms with Gasteiger partial charge in [0.05, 0.1) is 6.61 Å². The third kappa shape index (κ3) is 4.27. The van der Waals surface area contributed by atoms with E-state index in [0.717, 1.165) is 11.3 Å². The highest BCUT2D eigenvalue weighted by Gasteiger charge is 2.37. The molecule has 5 heteroatoms. The van der Waals surface area contributed by atoms with Crippen LogP contribution in [0.25, 0.3) is 0 Å². The van der Waals surface area contributed by atoms with Gasteiger partial charge in [-0.25, -0.2) is 0 Å². The Kier molecular flexibility index (Phi) is 6.22. The molecule has 130 valence electrons. The molecule has 0 bridgehead atoms. The molecule has 0 aliphatic rings.